The van der Waals surface area contributed by atoms with Crippen molar-refractivity contribution in [2.75, 3.05) is 13.2 Å². The van der Waals surface area contributed by atoms with E-state index in [1.165, 1.54) is 11.3 Å². The lowest BCUT2D eigenvalue weighted by Gasteiger charge is -2.06. The number of nitrogens with one attached hydrogen (secondary N) is 1. The van der Waals surface area contributed by atoms with E-state index in [1.54, 1.807) is 0 Å². The zero-order valence-corrected chi connectivity index (χ0v) is 16.1. The third kappa shape index (κ3) is 4.78. The molecule has 0 radical (unpaired) electrons. The monoisotopic (exact) mass is 380 g/mol. The number of terminal acetylenes is 1. The number of aryl methyl sites for hydroxylation is 2. The highest BCUT2D eigenvalue weighted by molar-refractivity contribution is 7.17. The molecule has 138 valence electrons. The van der Waals surface area contributed by atoms with E-state index in [0.29, 0.717) is 27.9 Å². The zero-order chi connectivity index (χ0) is 19.2. The number of rotatable bonds is 7. The number of amides is 1. The zero-order valence-electron chi connectivity index (χ0n) is 15.2. The maximum absolute atomic E-state index is 12.5. The first-order chi connectivity index (χ1) is 13.1. The number of benzene rings is 1. The van der Waals surface area contributed by atoms with Gasteiger partial charge in [0.05, 0.1) is 5.69 Å². The molecule has 3 rings (SSSR count). The van der Waals surface area contributed by atoms with Crippen LogP contribution >= 0.6 is 11.3 Å². The number of nitrogens with zero attached hydrogens (tertiary/aromatic N) is 1. The fraction of sp³-hybridized carbons (Fsp3) is 0.238. The predicted octanol–water partition coefficient (Wildman–Crippen LogP) is 4.00. The van der Waals surface area contributed by atoms with Crippen LogP contribution in [-0.4, -0.2) is 24.0 Å². The van der Waals surface area contributed by atoms with Crippen molar-refractivity contribution in [3.63, 3.8) is 0 Å². The molecule has 1 N–H and O–H groups in total. The highest BCUT2D eigenvalue weighted by Crippen LogP contribution is 2.29. The largest absolute Gasteiger partial charge is 0.481 e. The van der Waals surface area contributed by atoms with Crippen molar-refractivity contribution < 1.29 is 13.9 Å². The van der Waals surface area contributed by atoms with E-state index in [4.69, 9.17) is 15.6 Å². The Kier molecular flexibility index (Phi) is 5.94. The number of furan rings is 1. The van der Waals surface area contributed by atoms with Crippen LogP contribution in [0.4, 0.5) is 0 Å². The van der Waals surface area contributed by atoms with Crippen LogP contribution in [0.1, 0.15) is 26.7 Å². The molecule has 2 heterocycles. The molecule has 2 aromatic heterocycles. The van der Waals surface area contributed by atoms with Crippen molar-refractivity contribution in [2.24, 2.45) is 0 Å². The molecule has 0 unspecified atom stereocenters. The number of thiazole rings is 1. The van der Waals surface area contributed by atoms with E-state index < -0.39 is 0 Å². The van der Waals surface area contributed by atoms with Crippen LogP contribution in [0.2, 0.25) is 0 Å². The van der Waals surface area contributed by atoms with Gasteiger partial charge in [0.25, 0.3) is 5.91 Å². The van der Waals surface area contributed by atoms with Gasteiger partial charge >= 0.3 is 0 Å². The molecule has 0 saturated carbocycles. The van der Waals surface area contributed by atoms with Gasteiger partial charge in [-0.1, -0.05) is 18.1 Å². The molecule has 0 atom stereocenters. The fourth-order valence-corrected chi connectivity index (χ4v) is 3.48. The summed E-state index contributed by atoms with van der Waals surface area (Å²) >= 11 is 1.34. The van der Waals surface area contributed by atoms with Gasteiger partial charge in [-0.3, -0.25) is 4.79 Å². The summed E-state index contributed by atoms with van der Waals surface area (Å²) in [6.07, 6.45) is 5.90. The SMILES string of the molecule is C#CCOc1ccc(CCNC(=O)c2sc(-c3ccc(C)o3)nc2C)cc1. The van der Waals surface area contributed by atoms with E-state index in [-0.39, 0.29) is 12.5 Å². The van der Waals surface area contributed by atoms with E-state index in [9.17, 15) is 4.79 Å². The lowest BCUT2D eigenvalue weighted by atomic mass is 10.1. The Morgan fingerprint density at radius 3 is 2.70 bits per heavy atom. The molecule has 0 bridgehead atoms. The van der Waals surface area contributed by atoms with Crippen molar-refractivity contribution in [1.29, 1.82) is 0 Å². The van der Waals surface area contributed by atoms with E-state index >= 15 is 0 Å². The number of carbonyl (C=O) groups excluding carboxylic acids is 1. The molecular formula is C21H20N2O3S. The molecule has 1 aromatic carbocycles. The Morgan fingerprint density at radius 2 is 2.04 bits per heavy atom. The van der Waals surface area contributed by atoms with Crippen molar-refractivity contribution in [3.05, 3.63) is 58.3 Å². The standard InChI is InChI=1S/C21H20N2O3S/c1-4-13-25-17-8-6-16(7-9-17)11-12-22-20(24)19-15(3)23-21(27-19)18-10-5-14(2)26-18/h1,5-10H,11-13H2,2-3H3,(H,22,24). The summed E-state index contributed by atoms with van der Waals surface area (Å²) < 4.78 is 10.9. The number of hydrogen-bond acceptors (Lipinski definition) is 5. The molecule has 1 amide bonds. The minimum absolute atomic E-state index is 0.117. The summed E-state index contributed by atoms with van der Waals surface area (Å²) in [5.41, 5.74) is 1.81. The Morgan fingerprint density at radius 1 is 1.26 bits per heavy atom. The molecule has 0 fully saturated rings. The second-order valence-corrected chi connectivity index (χ2v) is 6.99. The van der Waals surface area contributed by atoms with Crippen LogP contribution in [0.5, 0.6) is 5.75 Å². The summed E-state index contributed by atoms with van der Waals surface area (Å²) in [6.45, 7) is 4.50. The van der Waals surface area contributed by atoms with Gasteiger partial charge in [-0.2, -0.15) is 0 Å². The lowest BCUT2D eigenvalue weighted by molar-refractivity contribution is 0.0957. The van der Waals surface area contributed by atoms with Gasteiger partial charge in [-0.05, 0) is 50.1 Å². The van der Waals surface area contributed by atoms with Crippen molar-refractivity contribution >= 4 is 17.2 Å². The third-order valence-electron chi connectivity index (χ3n) is 3.90. The lowest BCUT2D eigenvalue weighted by Crippen LogP contribution is -2.25. The van der Waals surface area contributed by atoms with Gasteiger partial charge in [-0.25, -0.2) is 4.98 Å². The Bertz CT molecular complexity index is 964. The number of ether oxygens (including phenoxy) is 1. The minimum atomic E-state index is -0.117. The van der Waals surface area contributed by atoms with Gasteiger partial charge in [0.15, 0.2) is 10.8 Å². The van der Waals surface area contributed by atoms with Crippen molar-refractivity contribution in [3.8, 4) is 28.9 Å². The first-order valence-corrected chi connectivity index (χ1v) is 9.36. The van der Waals surface area contributed by atoms with E-state index in [2.05, 4.69) is 16.2 Å². The van der Waals surface area contributed by atoms with Crippen LogP contribution in [0, 0.1) is 26.2 Å². The molecular weight excluding hydrogens is 360 g/mol. The topological polar surface area (TPSA) is 64.4 Å². The van der Waals surface area contributed by atoms with Crippen LogP contribution < -0.4 is 10.1 Å². The number of carbonyl (C=O) groups is 1. The van der Waals surface area contributed by atoms with Gasteiger partial charge in [0, 0.05) is 6.54 Å². The van der Waals surface area contributed by atoms with Gasteiger partial charge in [0.2, 0.25) is 0 Å². The summed E-state index contributed by atoms with van der Waals surface area (Å²) in [5.74, 6) is 4.56. The molecule has 3 aromatic rings. The molecule has 0 spiro atoms. The van der Waals surface area contributed by atoms with Gasteiger partial charge in [0.1, 0.15) is 23.0 Å². The van der Waals surface area contributed by atoms with Crippen LogP contribution in [0.3, 0.4) is 0 Å². The highest BCUT2D eigenvalue weighted by Gasteiger charge is 2.17. The summed E-state index contributed by atoms with van der Waals surface area (Å²) in [6, 6.07) is 11.4. The smallest absolute Gasteiger partial charge is 0.263 e. The normalized spacial score (nSPS) is 10.4. The second-order valence-electron chi connectivity index (χ2n) is 5.99. The average molecular weight is 380 g/mol. The maximum Gasteiger partial charge on any atom is 0.263 e. The van der Waals surface area contributed by atoms with Gasteiger partial charge in [-0.15, -0.1) is 17.8 Å². The number of aromatic nitrogens is 1. The fourth-order valence-electron chi connectivity index (χ4n) is 2.54. The van der Waals surface area contributed by atoms with E-state index in [1.807, 2.05) is 50.2 Å². The predicted molar refractivity (Wildman–Crippen MR) is 106 cm³/mol. The van der Waals surface area contributed by atoms with Crippen LogP contribution in [-0.2, 0) is 6.42 Å². The van der Waals surface area contributed by atoms with E-state index in [0.717, 1.165) is 23.5 Å². The minimum Gasteiger partial charge on any atom is -0.481 e. The van der Waals surface area contributed by atoms with Crippen molar-refractivity contribution in [1.82, 2.24) is 10.3 Å². The maximum atomic E-state index is 12.5. The molecule has 6 heteroatoms. The molecule has 27 heavy (non-hydrogen) atoms. The van der Waals surface area contributed by atoms with Crippen LogP contribution in [0.15, 0.2) is 40.8 Å². The Hall–Kier alpha value is -3.04. The first-order valence-electron chi connectivity index (χ1n) is 8.54. The summed E-state index contributed by atoms with van der Waals surface area (Å²) in [4.78, 5) is 17.5. The first kappa shape index (κ1) is 18.7. The molecule has 0 saturated heterocycles. The number of hydrogen-bond donors (Lipinski definition) is 1. The Balaban J connectivity index is 1.55. The Labute approximate surface area is 162 Å². The summed E-state index contributed by atoms with van der Waals surface area (Å²) in [5, 5.41) is 3.67. The third-order valence-corrected chi connectivity index (χ3v) is 5.07. The average Bonchev–Trinajstić information content (AvgIpc) is 3.26. The quantitative estimate of drug-likeness (QED) is 0.629. The molecule has 0 aliphatic carbocycles. The van der Waals surface area contributed by atoms with Crippen LogP contribution in [0.25, 0.3) is 10.8 Å². The highest BCUT2D eigenvalue weighted by atomic mass is 32.1. The van der Waals surface area contributed by atoms with Crippen molar-refractivity contribution in [2.45, 2.75) is 20.3 Å². The molecule has 5 nitrogen and oxygen atoms in total. The molecule has 0 aliphatic rings. The summed E-state index contributed by atoms with van der Waals surface area (Å²) in [7, 11) is 0. The van der Waals surface area contributed by atoms with Gasteiger partial charge < -0.3 is 14.5 Å². The second kappa shape index (κ2) is 8.56. The molecule has 0 aliphatic heterocycles.